The molecule has 2 rings (SSSR count). The Hall–Kier alpha value is -1.83. The Balaban J connectivity index is 2.28. The van der Waals surface area contributed by atoms with E-state index in [4.69, 9.17) is 0 Å². The number of hydrogen-bond acceptors (Lipinski definition) is 4. The van der Waals surface area contributed by atoms with E-state index in [1.807, 2.05) is 0 Å². The molecule has 1 heterocycles. The summed E-state index contributed by atoms with van der Waals surface area (Å²) in [5.74, 6) is 0.0617. The van der Waals surface area contributed by atoms with Gasteiger partial charge in [-0.25, -0.2) is 9.97 Å². The number of thioether (sulfide) groups is 1. The molecule has 1 aromatic carbocycles. The van der Waals surface area contributed by atoms with E-state index in [0.717, 1.165) is 11.8 Å². The molecule has 4 nitrogen and oxygen atoms in total. The molecule has 0 saturated heterocycles. The molecule has 8 heteroatoms. The summed E-state index contributed by atoms with van der Waals surface area (Å²) in [5.41, 5.74) is -0.377. The second kappa shape index (κ2) is 6.30. The fourth-order valence-electron chi connectivity index (χ4n) is 1.64. The third kappa shape index (κ3) is 4.07. The minimum absolute atomic E-state index is 0.174. The normalized spacial score (nSPS) is 11.6. The van der Waals surface area contributed by atoms with Crippen LogP contribution in [-0.4, -0.2) is 28.2 Å². The van der Waals surface area contributed by atoms with Gasteiger partial charge in [0.15, 0.2) is 5.69 Å². The van der Waals surface area contributed by atoms with Gasteiger partial charge in [0.05, 0.1) is 11.0 Å². The maximum absolute atomic E-state index is 13.0. The quantitative estimate of drug-likeness (QED) is 0.696. The topological polar surface area (TPSA) is 54.9 Å². The van der Waals surface area contributed by atoms with Crippen LogP contribution in [0.5, 0.6) is 0 Å². The Morgan fingerprint density at radius 3 is 2.43 bits per heavy atom. The van der Waals surface area contributed by atoms with Crippen LogP contribution in [0.15, 0.2) is 29.3 Å². The number of nitrogens with zero attached hydrogens (tertiary/aromatic N) is 2. The van der Waals surface area contributed by atoms with Crippen LogP contribution in [0.2, 0.25) is 0 Å². The minimum atomic E-state index is -4.56. The van der Waals surface area contributed by atoms with E-state index >= 15 is 0 Å². The molecule has 0 saturated carbocycles. The fraction of sp³-hybridized carbons (Fsp3) is 0.308. The summed E-state index contributed by atoms with van der Waals surface area (Å²) in [6.45, 7) is 1.62. The van der Waals surface area contributed by atoms with Crippen LogP contribution in [0.4, 0.5) is 13.2 Å². The van der Waals surface area contributed by atoms with E-state index in [9.17, 15) is 18.0 Å². The van der Waals surface area contributed by atoms with Gasteiger partial charge in [-0.15, -0.1) is 11.8 Å². The maximum Gasteiger partial charge on any atom is 0.436 e. The molecule has 0 aliphatic carbocycles. The highest BCUT2D eigenvalue weighted by Crippen LogP contribution is 2.35. The third-order valence-electron chi connectivity index (χ3n) is 2.52. The number of benzene rings is 1. The van der Waals surface area contributed by atoms with Gasteiger partial charge in [-0.1, -0.05) is 12.1 Å². The first kappa shape index (κ1) is 15.6. The van der Waals surface area contributed by atoms with E-state index in [1.54, 1.807) is 18.2 Å². The second-order valence-corrected chi connectivity index (χ2v) is 5.28. The number of amides is 1. The van der Waals surface area contributed by atoms with Crippen LogP contribution in [0.3, 0.4) is 0 Å². The van der Waals surface area contributed by atoms with Crippen molar-refractivity contribution in [3.05, 3.63) is 30.0 Å². The molecule has 0 aliphatic rings. The zero-order valence-corrected chi connectivity index (χ0v) is 11.9. The number of nitrogens with one attached hydrogen (secondary N) is 1. The van der Waals surface area contributed by atoms with Crippen LogP contribution in [0, 0.1) is 0 Å². The van der Waals surface area contributed by atoms with Gasteiger partial charge in [0.2, 0.25) is 5.91 Å². The van der Waals surface area contributed by atoms with E-state index < -0.39 is 11.9 Å². The molecule has 0 fully saturated rings. The van der Waals surface area contributed by atoms with Gasteiger partial charge in [0.25, 0.3) is 0 Å². The zero-order chi connectivity index (χ0) is 15.5. The number of carbonyl (C=O) groups is 1. The van der Waals surface area contributed by atoms with Gasteiger partial charge in [0.1, 0.15) is 5.03 Å². The lowest BCUT2D eigenvalue weighted by molar-refractivity contribution is -0.143. The number of carbonyl (C=O) groups excluding carboxylic acids is 1. The first-order chi connectivity index (χ1) is 9.88. The average Bonchev–Trinajstić information content (AvgIpc) is 2.41. The zero-order valence-electron chi connectivity index (χ0n) is 11.1. The Bertz CT molecular complexity index is 661. The van der Waals surface area contributed by atoms with Crippen molar-refractivity contribution in [2.75, 3.05) is 12.3 Å². The van der Waals surface area contributed by atoms with Crippen LogP contribution >= 0.6 is 11.8 Å². The molecule has 1 N–H and O–H groups in total. The fourth-order valence-corrected chi connectivity index (χ4v) is 2.50. The molecule has 0 aliphatic heterocycles. The van der Waals surface area contributed by atoms with Crippen molar-refractivity contribution in [2.24, 2.45) is 0 Å². The lowest BCUT2D eigenvalue weighted by atomic mass is 10.3. The molecule has 0 spiro atoms. The molecule has 0 bridgehead atoms. The second-order valence-electron chi connectivity index (χ2n) is 4.20. The van der Waals surface area contributed by atoms with E-state index in [1.165, 1.54) is 13.0 Å². The molecule has 1 amide bonds. The van der Waals surface area contributed by atoms with Gasteiger partial charge in [-0.05, 0) is 12.1 Å². The first-order valence-corrected chi connectivity index (χ1v) is 7.07. The summed E-state index contributed by atoms with van der Waals surface area (Å²) in [6.07, 6.45) is -4.56. The lowest BCUT2D eigenvalue weighted by Crippen LogP contribution is -2.22. The molecule has 0 atom stereocenters. The van der Waals surface area contributed by atoms with E-state index in [-0.39, 0.29) is 28.7 Å². The van der Waals surface area contributed by atoms with Crippen molar-refractivity contribution in [1.82, 2.24) is 15.3 Å². The summed E-state index contributed by atoms with van der Waals surface area (Å²) in [6, 6.07) is 6.40. The van der Waals surface area contributed by atoms with Crippen molar-refractivity contribution in [2.45, 2.75) is 18.1 Å². The molecule has 0 unspecified atom stereocenters. The lowest BCUT2D eigenvalue weighted by Gasteiger charge is -2.12. The summed E-state index contributed by atoms with van der Waals surface area (Å²) in [4.78, 5) is 18.4. The highest BCUT2D eigenvalue weighted by molar-refractivity contribution is 7.99. The molecular formula is C13H12F3N3OS. The summed E-state index contributed by atoms with van der Waals surface area (Å²) >= 11 is 0.922. The molecule has 0 radical (unpaired) electrons. The summed E-state index contributed by atoms with van der Waals surface area (Å²) in [7, 11) is 0. The Morgan fingerprint density at radius 2 is 1.86 bits per heavy atom. The molecular weight excluding hydrogens is 303 g/mol. The number of alkyl halides is 3. The van der Waals surface area contributed by atoms with E-state index in [2.05, 4.69) is 15.3 Å². The van der Waals surface area contributed by atoms with Crippen LogP contribution in [-0.2, 0) is 11.0 Å². The number of hydrogen-bond donors (Lipinski definition) is 1. The number of aromatic nitrogens is 2. The van der Waals surface area contributed by atoms with Crippen LogP contribution < -0.4 is 5.32 Å². The Labute approximate surface area is 123 Å². The maximum atomic E-state index is 13.0. The molecule has 2 aromatic rings. The number of para-hydroxylation sites is 2. The predicted octanol–water partition coefficient (Wildman–Crippen LogP) is 2.88. The van der Waals surface area contributed by atoms with Gasteiger partial charge in [0, 0.05) is 19.2 Å². The van der Waals surface area contributed by atoms with Crippen molar-refractivity contribution < 1.29 is 18.0 Å². The van der Waals surface area contributed by atoms with Crippen LogP contribution in [0.25, 0.3) is 11.0 Å². The first-order valence-electron chi connectivity index (χ1n) is 6.09. The van der Waals surface area contributed by atoms with Gasteiger partial charge in [-0.2, -0.15) is 13.2 Å². The molecule has 21 heavy (non-hydrogen) atoms. The summed E-state index contributed by atoms with van der Waals surface area (Å²) in [5, 5.41) is 2.35. The van der Waals surface area contributed by atoms with Crippen molar-refractivity contribution in [3.8, 4) is 0 Å². The van der Waals surface area contributed by atoms with Gasteiger partial charge < -0.3 is 5.32 Å². The average molecular weight is 315 g/mol. The largest absolute Gasteiger partial charge is 0.436 e. The van der Waals surface area contributed by atoms with E-state index in [0.29, 0.717) is 5.52 Å². The molecule has 112 valence electrons. The third-order valence-corrected chi connectivity index (χ3v) is 3.49. The number of fused-ring (bicyclic) bond motifs is 1. The minimum Gasteiger partial charge on any atom is -0.356 e. The highest BCUT2D eigenvalue weighted by Gasteiger charge is 2.36. The number of rotatable bonds is 4. The van der Waals surface area contributed by atoms with Crippen molar-refractivity contribution in [3.63, 3.8) is 0 Å². The van der Waals surface area contributed by atoms with Gasteiger partial charge in [-0.3, -0.25) is 4.79 Å². The van der Waals surface area contributed by atoms with Crippen LogP contribution in [0.1, 0.15) is 12.6 Å². The monoisotopic (exact) mass is 315 g/mol. The highest BCUT2D eigenvalue weighted by atomic mass is 32.2. The molecule has 1 aromatic heterocycles. The Kier molecular flexibility index (Phi) is 4.66. The smallest absolute Gasteiger partial charge is 0.356 e. The van der Waals surface area contributed by atoms with Crippen molar-refractivity contribution >= 4 is 28.7 Å². The summed E-state index contributed by atoms with van der Waals surface area (Å²) < 4.78 is 39.1. The van der Waals surface area contributed by atoms with Crippen molar-refractivity contribution in [1.29, 1.82) is 0 Å². The van der Waals surface area contributed by atoms with Gasteiger partial charge >= 0.3 is 6.18 Å². The Morgan fingerprint density at radius 1 is 1.24 bits per heavy atom. The standard InChI is InChI=1S/C13H12F3N3OS/c1-8(20)17-6-7-21-12-11(13(14,15)16)18-9-4-2-3-5-10(9)19-12/h2-5H,6-7H2,1H3,(H,17,20). The SMILES string of the molecule is CC(=O)NCCSc1nc2ccccc2nc1C(F)(F)F. The number of halogens is 3. The predicted molar refractivity (Wildman–Crippen MR) is 73.9 cm³/mol.